The quantitative estimate of drug-likeness (QED) is 0.509. The summed E-state index contributed by atoms with van der Waals surface area (Å²) < 4.78 is 11.7. The zero-order valence-corrected chi connectivity index (χ0v) is 17.8. The Balaban J connectivity index is 2.24. The molecule has 2 fully saturated rings. The normalized spacial score (nSPS) is 31.4. The van der Waals surface area contributed by atoms with Gasteiger partial charge in [0.15, 0.2) is 0 Å². The zero-order valence-electron chi connectivity index (χ0n) is 17.8. The van der Waals surface area contributed by atoms with E-state index in [-0.39, 0.29) is 41.7 Å². The predicted molar refractivity (Wildman–Crippen MR) is 108 cm³/mol. The number of aldehydes is 1. The average molecular weight is 381 g/mol. The van der Waals surface area contributed by atoms with Crippen molar-refractivity contribution in [2.75, 3.05) is 14.2 Å². The van der Waals surface area contributed by atoms with Crippen molar-refractivity contribution in [3.05, 3.63) is 0 Å². The van der Waals surface area contributed by atoms with Gasteiger partial charge in [-0.2, -0.15) is 0 Å². The van der Waals surface area contributed by atoms with Crippen molar-refractivity contribution in [3.8, 4) is 0 Å². The van der Waals surface area contributed by atoms with Crippen molar-refractivity contribution in [1.82, 2.24) is 0 Å². The summed E-state index contributed by atoms with van der Waals surface area (Å²) in [7, 11) is 3.57. The lowest BCUT2D eigenvalue weighted by Gasteiger charge is -2.43. The maximum atomic E-state index is 13.5. The lowest BCUT2D eigenvalue weighted by molar-refractivity contribution is -0.138. The van der Waals surface area contributed by atoms with Gasteiger partial charge in [-0.1, -0.05) is 39.5 Å². The summed E-state index contributed by atoms with van der Waals surface area (Å²) in [6.07, 6.45) is 11.4. The Labute approximate surface area is 165 Å². The van der Waals surface area contributed by atoms with E-state index in [2.05, 4.69) is 13.8 Å². The Morgan fingerprint density at radius 1 is 0.926 bits per heavy atom. The van der Waals surface area contributed by atoms with Crippen LogP contribution in [0.4, 0.5) is 0 Å². The van der Waals surface area contributed by atoms with Crippen molar-refractivity contribution < 1.29 is 19.1 Å². The number of hydrogen-bond acceptors (Lipinski definition) is 4. The van der Waals surface area contributed by atoms with E-state index in [0.29, 0.717) is 12.3 Å². The van der Waals surface area contributed by atoms with Crippen LogP contribution < -0.4 is 0 Å². The largest absolute Gasteiger partial charge is 0.381 e. The van der Waals surface area contributed by atoms with E-state index in [1.54, 1.807) is 14.2 Å². The highest BCUT2D eigenvalue weighted by Gasteiger charge is 2.44. The molecular weight excluding hydrogens is 340 g/mol. The van der Waals surface area contributed by atoms with Crippen LogP contribution in [0.15, 0.2) is 0 Å². The van der Waals surface area contributed by atoms with Gasteiger partial charge >= 0.3 is 0 Å². The molecule has 0 bridgehead atoms. The average Bonchev–Trinajstić information content (AvgIpc) is 2.68. The lowest BCUT2D eigenvalue weighted by Crippen LogP contribution is -2.45. The maximum absolute atomic E-state index is 13.5. The van der Waals surface area contributed by atoms with Crippen LogP contribution in [0, 0.1) is 29.6 Å². The third-order valence-electron chi connectivity index (χ3n) is 6.84. The van der Waals surface area contributed by atoms with Crippen molar-refractivity contribution in [1.29, 1.82) is 0 Å². The van der Waals surface area contributed by atoms with Gasteiger partial charge < -0.3 is 14.3 Å². The molecule has 0 aromatic heterocycles. The summed E-state index contributed by atoms with van der Waals surface area (Å²) in [5, 5.41) is 0. The first-order valence-corrected chi connectivity index (χ1v) is 11.0. The number of rotatable bonds is 10. The number of carbonyl (C=O) groups is 2. The van der Waals surface area contributed by atoms with Crippen molar-refractivity contribution in [2.24, 2.45) is 29.6 Å². The summed E-state index contributed by atoms with van der Waals surface area (Å²) in [6, 6.07) is 0. The molecule has 2 aliphatic rings. The minimum Gasteiger partial charge on any atom is -0.381 e. The summed E-state index contributed by atoms with van der Waals surface area (Å²) in [5.41, 5.74) is 0. The summed E-state index contributed by atoms with van der Waals surface area (Å²) >= 11 is 0. The SMILES string of the molecule is COC1CCCCC1C(C(=O)CC(C=O)CC(C)C)C1CCCCC1OC. The van der Waals surface area contributed by atoms with Crippen LogP contribution in [-0.2, 0) is 19.1 Å². The molecule has 0 radical (unpaired) electrons. The van der Waals surface area contributed by atoms with E-state index in [1.165, 1.54) is 25.7 Å². The molecule has 4 nitrogen and oxygen atoms in total. The monoisotopic (exact) mass is 380 g/mol. The molecular formula is C23H40O4. The van der Waals surface area contributed by atoms with Crippen LogP contribution in [0.3, 0.4) is 0 Å². The van der Waals surface area contributed by atoms with Crippen molar-refractivity contribution >= 4 is 12.1 Å². The molecule has 156 valence electrons. The number of ketones is 1. The fraction of sp³-hybridized carbons (Fsp3) is 0.913. The molecule has 27 heavy (non-hydrogen) atoms. The molecule has 0 aliphatic heterocycles. The molecule has 5 atom stereocenters. The van der Waals surface area contributed by atoms with Gasteiger partial charge in [-0.05, 0) is 49.9 Å². The van der Waals surface area contributed by atoms with Crippen LogP contribution in [0.1, 0.15) is 78.1 Å². The molecule has 0 amide bonds. The van der Waals surface area contributed by atoms with Crippen LogP contribution >= 0.6 is 0 Å². The van der Waals surface area contributed by atoms with Gasteiger partial charge in [0.05, 0.1) is 12.2 Å². The van der Waals surface area contributed by atoms with E-state index >= 15 is 0 Å². The van der Waals surface area contributed by atoms with Crippen LogP contribution in [0.5, 0.6) is 0 Å². The molecule has 4 heteroatoms. The molecule has 0 aromatic rings. The molecule has 2 saturated carbocycles. The van der Waals surface area contributed by atoms with E-state index in [9.17, 15) is 9.59 Å². The topological polar surface area (TPSA) is 52.6 Å². The summed E-state index contributed by atoms with van der Waals surface area (Å²) in [6.45, 7) is 4.23. The molecule has 0 N–H and O–H groups in total. The number of ether oxygens (including phenoxy) is 2. The second-order valence-corrected chi connectivity index (χ2v) is 9.17. The molecule has 0 heterocycles. The van der Waals surface area contributed by atoms with Gasteiger partial charge in [-0.3, -0.25) is 4.79 Å². The number of methoxy groups -OCH3 is 2. The van der Waals surface area contributed by atoms with Gasteiger partial charge in [-0.25, -0.2) is 0 Å². The Kier molecular flexibility index (Phi) is 9.44. The lowest BCUT2D eigenvalue weighted by atomic mass is 9.65. The van der Waals surface area contributed by atoms with Gasteiger partial charge in [-0.15, -0.1) is 0 Å². The first kappa shape index (κ1) is 22.5. The van der Waals surface area contributed by atoms with E-state index < -0.39 is 0 Å². The fourth-order valence-electron chi connectivity index (χ4n) is 5.64. The Morgan fingerprint density at radius 3 is 1.81 bits per heavy atom. The third kappa shape index (κ3) is 6.12. The molecule has 0 spiro atoms. The minimum atomic E-state index is -0.158. The molecule has 0 saturated heterocycles. The third-order valence-corrected chi connectivity index (χ3v) is 6.84. The first-order valence-electron chi connectivity index (χ1n) is 11.0. The maximum Gasteiger partial charge on any atom is 0.137 e. The smallest absolute Gasteiger partial charge is 0.137 e. The minimum absolute atomic E-state index is 0.0323. The number of hydrogen-bond donors (Lipinski definition) is 0. The van der Waals surface area contributed by atoms with Gasteiger partial charge in [0.2, 0.25) is 0 Å². The highest BCUT2D eigenvalue weighted by Crippen LogP contribution is 2.43. The number of carbonyl (C=O) groups excluding carboxylic acids is 2. The van der Waals surface area contributed by atoms with Crippen LogP contribution in [0.25, 0.3) is 0 Å². The van der Waals surface area contributed by atoms with Crippen LogP contribution in [-0.4, -0.2) is 38.5 Å². The Bertz CT molecular complexity index is 437. The van der Waals surface area contributed by atoms with Crippen LogP contribution in [0.2, 0.25) is 0 Å². The molecule has 2 aliphatic carbocycles. The molecule has 2 rings (SSSR count). The van der Waals surface area contributed by atoms with E-state index in [0.717, 1.165) is 38.4 Å². The molecule has 0 aromatic carbocycles. The Morgan fingerprint density at radius 2 is 1.41 bits per heavy atom. The first-order chi connectivity index (χ1) is 13.0. The van der Waals surface area contributed by atoms with Crippen molar-refractivity contribution in [2.45, 2.75) is 90.3 Å². The highest BCUT2D eigenvalue weighted by molar-refractivity contribution is 5.84. The molecule has 5 unspecified atom stereocenters. The summed E-state index contributed by atoms with van der Waals surface area (Å²) in [4.78, 5) is 25.1. The predicted octanol–water partition coefficient (Wildman–Crippen LogP) is 4.83. The second kappa shape index (κ2) is 11.3. The van der Waals surface area contributed by atoms with Gasteiger partial charge in [0.1, 0.15) is 12.1 Å². The van der Waals surface area contributed by atoms with E-state index in [4.69, 9.17) is 9.47 Å². The second-order valence-electron chi connectivity index (χ2n) is 9.17. The van der Waals surface area contributed by atoms with E-state index in [1.807, 2.05) is 0 Å². The highest BCUT2D eigenvalue weighted by atomic mass is 16.5. The van der Waals surface area contributed by atoms with Gasteiger partial charge in [0.25, 0.3) is 0 Å². The standard InChI is InChI=1S/C23H40O4/c1-16(2)13-17(15-24)14-20(25)23(18-9-5-7-11-21(18)26-3)19-10-6-8-12-22(19)27-4/h15-19,21-23H,5-14H2,1-4H3. The Hall–Kier alpha value is -0.740. The number of Topliss-reactive ketones (excluding diaryl/α,β-unsaturated/α-hetero) is 1. The fourth-order valence-corrected chi connectivity index (χ4v) is 5.64. The zero-order chi connectivity index (χ0) is 19.8. The van der Waals surface area contributed by atoms with Gasteiger partial charge in [0, 0.05) is 32.5 Å². The van der Waals surface area contributed by atoms with Crippen molar-refractivity contribution in [3.63, 3.8) is 0 Å². The summed E-state index contributed by atoms with van der Waals surface area (Å²) in [5.74, 6) is 1.04.